The van der Waals surface area contributed by atoms with E-state index in [1.165, 1.54) is 0 Å². The Bertz CT molecular complexity index is 280. The number of hydrogen-bond donors (Lipinski definition) is 0. The smallest absolute Gasteiger partial charge is 0.306 e. The van der Waals surface area contributed by atoms with E-state index >= 15 is 0 Å². The number of rotatable bonds is 4. The van der Waals surface area contributed by atoms with Crippen molar-refractivity contribution in [2.75, 3.05) is 0 Å². The molecule has 0 aliphatic heterocycles. The lowest BCUT2D eigenvalue weighted by Gasteiger charge is -2.15. The van der Waals surface area contributed by atoms with Gasteiger partial charge in [0, 0.05) is 6.42 Å². The molecule has 1 aromatic rings. The van der Waals surface area contributed by atoms with Crippen molar-refractivity contribution >= 4 is 5.97 Å². The van der Waals surface area contributed by atoms with Gasteiger partial charge in [-0.15, -0.1) is 0 Å². The van der Waals surface area contributed by atoms with Gasteiger partial charge in [-0.1, -0.05) is 44.2 Å². The molecule has 14 heavy (non-hydrogen) atoms. The minimum atomic E-state index is -0.138. The van der Waals surface area contributed by atoms with Crippen molar-refractivity contribution in [1.29, 1.82) is 0 Å². The summed E-state index contributed by atoms with van der Waals surface area (Å²) >= 11 is 0. The maximum Gasteiger partial charge on any atom is 0.306 e. The normalized spacial score (nSPS) is 12.1. The lowest BCUT2D eigenvalue weighted by molar-refractivity contribution is -0.149. The number of esters is 1. The summed E-state index contributed by atoms with van der Waals surface area (Å²) in [4.78, 5) is 11.1. The number of carbonyl (C=O) groups excluding carboxylic acids is 1. The highest BCUT2D eigenvalue weighted by Crippen LogP contribution is 2.20. The van der Waals surface area contributed by atoms with Crippen LogP contribution in [-0.2, 0) is 9.53 Å². The number of ether oxygens (including phenoxy) is 1. The Morgan fingerprint density at radius 1 is 1.29 bits per heavy atom. The first kappa shape index (κ1) is 10.8. The van der Waals surface area contributed by atoms with Crippen LogP contribution in [0.2, 0.25) is 0 Å². The van der Waals surface area contributed by atoms with Crippen molar-refractivity contribution in [3.63, 3.8) is 0 Å². The third-order valence-corrected chi connectivity index (χ3v) is 2.10. The molecular weight excluding hydrogens is 176 g/mol. The standard InChI is InChI=1S/C12H16O2/c1-3-11(14-12(13)4-2)10-8-6-5-7-9-10/h5-9,11H,3-4H2,1-2H3. The summed E-state index contributed by atoms with van der Waals surface area (Å²) in [5.41, 5.74) is 1.07. The second-order valence-corrected chi connectivity index (χ2v) is 3.15. The van der Waals surface area contributed by atoms with Crippen LogP contribution in [0.25, 0.3) is 0 Å². The van der Waals surface area contributed by atoms with Gasteiger partial charge in [-0.3, -0.25) is 4.79 Å². The highest BCUT2D eigenvalue weighted by Gasteiger charge is 2.12. The van der Waals surface area contributed by atoms with E-state index in [2.05, 4.69) is 0 Å². The zero-order valence-electron chi connectivity index (χ0n) is 8.69. The number of hydrogen-bond acceptors (Lipinski definition) is 2. The van der Waals surface area contributed by atoms with Crippen molar-refractivity contribution in [3.8, 4) is 0 Å². The number of carbonyl (C=O) groups is 1. The van der Waals surface area contributed by atoms with Crippen LogP contribution in [0.15, 0.2) is 30.3 Å². The average molecular weight is 192 g/mol. The summed E-state index contributed by atoms with van der Waals surface area (Å²) in [6, 6.07) is 9.83. The van der Waals surface area contributed by atoms with Crippen LogP contribution in [0.5, 0.6) is 0 Å². The average Bonchev–Trinajstić information content (AvgIpc) is 2.26. The summed E-state index contributed by atoms with van der Waals surface area (Å²) in [6.07, 6.45) is 1.16. The van der Waals surface area contributed by atoms with E-state index in [-0.39, 0.29) is 12.1 Å². The molecule has 0 aliphatic rings. The number of benzene rings is 1. The zero-order chi connectivity index (χ0) is 10.4. The molecular formula is C12H16O2. The van der Waals surface area contributed by atoms with Crippen LogP contribution in [0.1, 0.15) is 38.4 Å². The molecule has 0 spiro atoms. The highest BCUT2D eigenvalue weighted by atomic mass is 16.5. The van der Waals surface area contributed by atoms with Gasteiger partial charge in [-0.2, -0.15) is 0 Å². The fraction of sp³-hybridized carbons (Fsp3) is 0.417. The van der Waals surface area contributed by atoms with E-state index in [1.807, 2.05) is 37.3 Å². The fourth-order valence-corrected chi connectivity index (χ4v) is 1.30. The molecule has 2 heteroatoms. The first-order valence-electron chi connectivity index (χ1n) is 5.02. The van der Waals surface area contributed by atoms with Gasteiger partial charge in [-0.25, -0.2) is 0 Å². The molecule has 0 heterocycles. The predicted molar refractivity (Wildman–Crippen MR) is 55.9 cm³/mol. The van der Waals surface area contributed by atoms with E-state index in [1.54, 1.807) is 6.92 Å². The van der Waals surface area contributed by atoms with Gasteiger partial charge in [0.2, 0.25) is 0 Å². The third-order valence-electron chi connectivity index (χ3n) is 2.10. The molecule has 0 bridgehead atoms. The maximum atomic E-state index is 11.1. The van der Waals surface area contributed by atoms with Crippen LogP contribution in [0.4, 0.5) is 0 Å². The Hall–Kier alpha value is -1.31. The van der Waals surface area contributed by atoms with E-state index < -0.39 is 0 Å². The van der Waals surface area contributed by atoms with Gasteiger partial charge < -0.3 is 4.74 Å². The first-order chi connectivity index (χ1) is 6.77. The van der Waals surface area contributed by atoms with Crippen molar-refractivity contribution in [1.82, 2.24) is 0 Å². The Morgan fingerprint density at radius 2 is 1.93 bits per heavy atom. The van der Waals surface area contributed by atoms with Crippen molar-refractivity contribution in [3.05, 3.63) is 35.9 Å². The van der Waals surface area contributed by atoms with Gasteiger partial charge in [0.25, 0.3) is 0 Å². The van der Waals surface area contributed by atoms with Gasteiger partial charge in [-0.05, 0) is 12.0 Å². The van der Waals surface area contributed by atoms with Crippen LogP contribution in [-0.4, -0.2) is 5.97 Å². The molecule has 0 aliphatic carbocycles. The second kappa shape index (κ2) is 5.43. The summed E-state index contributed by atoms with van der Waals surface area (Å²) in [7, 11) is 0. The summed E-state index contributed by atoms with van der Waals surface area (Å²) in [5, 5.41) is 0. The van der Waals surface area contributed by atoms with Crippen LogP contribution < -0.4 is 0 Å². The highest BCUT2D eigenvalue weighted by molar-refractivity contribution is 5.69. The molecule has 0 amide bonds. The summed E-state index contributed by atoms with van der Waals surface area (Å²) in [5.74, 6) is -0.138. The van der Waals surface area contributed by atoms with E-state index in [0.717, 1.165) is 12.0 Å². The van der Waals surface area contributed by atoms with Gasteiger partial charge in [0.15, 0.2) is 0 Å². The molecule has 0 radical (unpaired) electrons. The lowest BCUT2D eigenvalue weighted by atomic mass is 10.1. The molecule has 1 atom stereocenters. The molecule has 1 rings (SSSR count). The quantitative estimate of drug-likeness (QED) is 0.685. The van der Waals surface area contributed by atoms with Crippen molar-refractivity contribution in [2.24, 2.45) is 0 Å². The van der Waals surface area contributed by atoms with Crippen LogP contribution in [0.3, 0.4) is 0 Å². The van der Waals surface area contributed by atoms with Crippen molar-refractivity contribution < 1.29 is 9.53 Å². The minimum absolute atomic E-state index is 0.0938. The molecule has 1 unspecified atom stereocenters. The third kappa shape index (κ3) is 2.87. The Kier molecular flexibility index (Phi) is 4.17. The van der Waals surface area contributed by atoms with Crippen LogP contribution >= 0.6 is 0 Å². The van der Waals surface area contributed by atoms with Gasteiger partial charge in [0.05, 0.1) is 0 Å². The van der Waals surface area contributed by atoms with Gasteiger partial charge in [0.1, 0.15) is 6.10 Å². The largest absolute Gasteiger partial charge is 0.457 e. The first-order valence-corrected chi connectivity index (χ1v) is 5.02. The SMILES string of the molecule is CCC(=O)OC(CC)c1ccccc1. The van der Waals surface area contributed by atoms with E-state index in [0.29, 0.717) is 6.42 Å². The predicted octanol–water partition coefficient (Wildman–Crippen LogP) is 3.09. The summed E-state index contributed by atoms with van der Waals surface area (Å²) in [6.45, 7) is 3.82. The maximum absolute atomic E-state index is 11.1. The minimum Gasteiger partial charge on any atom is -0.457 e. The lowest BCUT2D eigenvalue weighted by Crippen LogP contribution is -2.09. The molecule has 1 aromatic carbocycles. The van der Waals surface area contributed by atoms with E-state index in [4.69, 9.17) is 4.74 Å². The fourth-order valence-electron chi connectivity index (χ4n) is 1.30. The summed E-state index contributed by atoms with van der Waals surface area (Å²) < 4.78 is 5.30. The second-order valence-electron chi connectivity index (χ2n) is 3.15. The molecule has 76 valence electrons. The van der Waals surface area contributed by atoms with Crippen LogP contribution in [0, 0.1) is 0 Å². The van der Waals surface area contributed by atoms with Crippen molar-refractivity contribution in [2.45, 2.75) is 32.8 Å². The molecule has 2 nitrogen and oxygen atoms in total. The topological polar surface area (TPSA) is 26.3 Å². The zero-order valence-corrected chi connectivity index (χ0v) is 8.69. The molecule has 0 N–H and O–H groups in total. The molecule has 0 fully saturated rings. The Balaban J connectivity index is 2.68. The Morgan fingerprint density at radius 3 is 2.43 bits per heavy atom. The van der Waals surface area contributed by atoms with E-state index in [9.17, 15) is 4.79 Å². The monoisotopic (exact) mass is 192 g/mol. The van der Waals surface area contributed by atoms with Gasteiger partial charge >= 0.3 is 5.97 Å². The molecule has 0 saturated carbocycles. The molecule has 0 saturated heterocycles. The Labute approximate surface area is 84.9 Å². The molecule has 0 aromatic heterocycles.